The molecule has 0 fully saturated rings. The number of benzene rings is 16. The van der Waals surface area contributed by atoms with Gasteiger partial charge in [-0.1, -0.05) is 255 Å². The average Bonchev–Trinajstić information content (AvgIpc) is 1.98. The monoisotopic (exact) mass is 1130 g/mol. The molecule has 16 aromatic carbocycles. The molecule has 0 aliphatic carbocycles. The van der Waals surface area contributed by atoms with E-state index in [1.54, 1.807) is 0 Å². The minimum atomic E-state index is 0.877. The van der Waals surface area contributed by atoms with E-state index in [0.29, 0.717) is 0 Å². The van der Waals surface area contributed by atoms with Gasteiger partial charge in [-0.15, -0.1) is 0 Å². The topological polar surface area (TPSA) is 19.6 Å². The number of nitrogens with zero attached hydrogens (tertiary/aromatic N) is 2. The molecule has 89 heavy (non-hydrogen) atoms. The summed E-state index contributed by atoms with van der Waals surface area (Å²) in [6.07, 6.45) is 0. The minimum Gasteiger partial charge on any atom is -0.456 e. The van der Waals surface area contributed by atoms with Crippen LogP contribution in [0.3, 0.4) is 0 Å². The molecule has 416 valence electrons. The molecule has 0 saturated carbocycles. The van der Waals surface area contributed by atoms with Crippen LogP contribution in [0.15, 0.2) is 344 Å². The van der Waals surface area contributed by atoms with Gasteiger partial charge in [0.1, 0.15) is 11.2 Å². The van der Waals surface area contributed by atoms with Crippen molar-refractivity contribution >= 4 is 110 Å². The summed E-state index contributed by atoms with van der Waals surface area (Å²) in [4.78, 5) is 4.87. The van der Waals surface area contributed by atoms with Crippen molar-refractivity contribution in [3.8, 4) is 55.6 Å². The highest BCUT2D eigenvalue weighted by Gasteiger charge is 2.24. The van der Waals surface area contributed by atoms with Gasteiger partial charge in [0.15, 0.2) is 0 Å². The Morgan fingerprint density at radius 3 is 1.35 bits per heavy atom. The van der Waals surface area contributed by atoms with Gasteiger partial charge >= 0.3 is 0 Å². The summed E-state index contributed by atoms with van der Waals surface area (Å²) in [5.41, 5.74) is 19.5. The average molecular weight is 1130 g/mol. The predicted octanol–water partition coefficient (Wildman–Crippen LogP) is 24.6. The third-order valence-corrected chi connectivity index (χ3v) is 18.0. The van der Waals surface area contributed by atoms with Crippen molar-refractivity contribution in [2.45, 2.75) is 0 Å². The Morgan fingerprint density at radius 1 is 0.191 bits per heavy atom. The summed E-state index contributed by atoms with van der Waals surface area (Å²) in [7, 11) is 0. The third kappa shape index (κ3) is 9.24. The molecule has 0 saturated heterocycles. The van der Waals surface area contributed by atoms with E-state index in [0.717, 1.165) is 95.0 Å². The molecule has 0 spiro atoms. The predicted molar refractivity (Wildman–Crippen MR) is 378 cm³/mol. The number of fused-ring (bicyclic) bond motifs is 10. The van der Waals surface area contributed by atoms with Crippen LogP contribution in [0.1, 0.15) is 0 Å². The van der Waals surface area contributed by atoms with E-state index in [1.165, 1.54) is 70.6 Å². The fourth-order valence-electron chi connectivity index (χ4n) is 13.6. The molecule has 3 nitrogen and oxygen atoms in total. The van der Waals surface area contributed by atoms with Crippen molar-refractivity contribution in [1.29, 1.82) is 0 Å². The Balaban J connectivity index is 0.800. The summed E-state index contributed by atoms with van der Waals surface area (Å²) in [5.74, 6) is 0. The lowest BCUT2D eigenvalue weighted by atomic mass is 9.96. The summed E-state index contributed by atoms with van der Waals surface area (Å²) in [5, 5.41) is 14.5. The first-order valence-corrected chi connectivity index (χ1v) is 30.5. The van der Waals surface area contributed by atoms with Gasteiger partial charge in [-0.2, -0.15) is 0 Å². The van der Waals surface area contributed by atoms with Gasteiger partial charge in [0, 0.05) is 44.6 Å². The van der Waals surface area contributed by atoms with Crippen LogP contribution in [0.4, 0.5) is 34.1 Å². The molecule has 3 heteroatoms. The Hall–Kier alpha value is -11.8. The highest BCUT2D eigenvalue weighted by Crippen LogP contribution is 2.49. The largest absolute Gasteiger partial charge is 0.456 e. The zero-order chi connectivity index (χ0) is 58.8. The van der Waals surface area contributed by atoms with Crippen LogP contribution in [0.5, 0.6) is 0 Å². The molecule has 0 bridgehead atoms. The minimum absolute atomic E-state index is 0.877. The van der Waals surface area contributed by atoms with E-state index in [-0.39, 0.29) is 0 Å². The highest BCUT2D eigenvalue weighted by molar-refractivity contribution is 6.19. The summed E-state index contributed by atoms with van der Waals surface area (Å²) in [6.45, 7) is 0. The lowest BCUT2D eigenvalue weighted by Crippen LogP contribution is -2.13. The van der Waals surface area contributed by atoms with Crippen LogP contribution < -0.4 is 9.80 Å². The second kappa shape index (κ2) is 21.6. The van der Waals surface area contributed by atoms with Crippen LogP contribution in [0, 0.1) is 0 Å². The van der Waals surface area contributed by atoms with Crippen LogP contribution in [-0.2, 0) is 0 Å². The van der Waals surface area contributed by atoms with Crippen molar-refractivity contribution in [3.05, 3.63) is 340 Å². The molecule has 0 aliphatic heterocycles. The third-order valence-electron chi connectivity index (χ3n) is 18.0. The van der Waals surface area contributed by atoms with Gasteiger partial charge in [-0.25, -0.2) is 0 Å². The Bertz CT molecular complexity index is 5560. The maximum Gasteiger partial charge on any atom is 0.136 e. The molecule has 0 amide bonds. The lowest BCUT2D eigenvalue weighted by Gasteiger charge is -2.31. The van der Waals surface area contributed by atoms with E-state index >= 15 is 0 Å². The maximum absolute atomic E-state index is 6.58. The number of rotatable bonds is 11. The van der Waals surface area contributed by atoms with E-state index < -0.39 is 0 Å². The van der Waals surface area contributed by atoms with Crippen LogP contribution in [-0.4, -0.2) is 0 Å². The molecule has 0 radical (unpaired) electrons. The standard InChI is InChI=1S/C86H56N2O/c1-2-19-65-53-67(37-33-57(65)15-1)66-21-13-22-72(54-66)88(73-49-51-77-69(55-73)38-36-62-17-4-7-24-75(62)77)83-30-12-10-27-80(83)79-26-9-11-29-82(79)87(70-45-39-59(40-46-70)58-31-34-64(35-32-58)76-28-14-20-61-16-3-6-23-74(61)76)71-47-41-60(42-48-71)68-43-50-81-85(56-68)89-84-52-44-63-18-5-8-25-78(63)86(81)84/h1-56H. The van der Waals surface area contributed by atoms with E-state index in [9.17, 15) is 0 Å². The zero-order valence-electron chi connectivity index (χ0n) is 48.6. The molecule has 0 unspecified atom stereocenters. The smallest absolute Gasteiger partial charge is 0.136 e. The summed E-state index contributed by atoms with van der Waals surface area (Å²) in [6, 6.07) is 124. The van der Waals surface area contributed by atoms with Crippen LogP contribution >= 0.6 is 0 Å². The molecule has 0 aliphatic rings. The first-order chi connectivity index (χ1) is 44.1. The van der Waals surface area contributed by atoms with Crippen molar-refractivity contribution in [3.63, 3.8) is 0 Å². The Kier molecular flexibility index (Phi) is 12.5. The fraction of sp³-hybridized carbons (Fsp3) is 0. The Labute approximate surface area is 516 Å². The maximum atomic E-state index is 6.58. The van der Waals surface area contributed by atoms with Gasteiger partial charge < -0.3 is 14.2 Å². The SMILES string of the molecule is c1cc(-c2ccc3ccccc3c2)cc(N(c2ccc3c(ccc4ccccc43)c2)c2ccccc2-c2ccccc2N(c2ccc(-c3ccc(-c4cccc5ccccc45)cc3)cc2)c2ccc(-c3ccc4c(c3)oc3ccc5ccccc5c34)cc2)c1. The normalized spacial score (nSPS) is 11.6. The van der Waals surface area contributed by atoms with Crippen molar-refractivity contribution < 1.29 is 4.42 Å². The van der Waals surface area contributed by atoms with E-state index in [2.05, 4.69) is 350 Å². The number of furan rings is 1. The molecule has 17 aromatic rings. The molecule has 0 N–H and O–H groups in total. The molecule has 17 rings (SSSR count). The number of anilines is 6. The molecule has 1 heterocycles. The van der Waals surface area contributed by atoms with Gasteiger partial charge in [0.2, 0.25) is 0 Å². The van der Waals surface area contributed by atoms with E-state index in [1.807, 2.05) is 0 Å². The molecule has 0 atom stereocenters. The van der Waals surface area contributed by atoms with Gasteiger partial charge in [-0.3, -0.25) is 0 Å². The summed E-state index contributed by atoms with van der Waals surface area (Å²) < 4.78 is 6.58. The lowest BCUT2D eigenvalue weighted by molar-refractivity contribution is 0.669. The molecular formula is C86H56N2O. The van der Waals surface area contributed by atoms with Crippen molar-refractivity contribution in [2.24, 2.45) is 0 Å². The van der Waals surface area contributed by atoms with E-state index in [4.69, 9.17) is 4.42 Å². The quantitative estimate of drug-likeness (QED) is 0.120. The second-order valence-electron chi connectivity index (χ2n) is 23.2. The fourth-order valence-corrected chi connectivity index (χ4v) is 13.6. The summed E-state index contributed by atoms with van der Waals surface area (Å²) >= 11 is 0. The first kappa shape index (κ1) is 51.6. The second-order valence-corrected chi connectivity index (χ2v) is 23.2. The van der Waals surface area contributed by atoms with Crippen LogP contribution in [0.2, 0.25) is 0 Å². The van der Waals surface area contributed by atoms with Crippen molar-refractivity contribution in [1.82, 2.24) is 0 Å². The highest BCUT2D eigenvalue weighted by atomic mass is 16.3. The van der Waals surface area contributed by atoms with Crippen molar-refractivity contribution in [2.75, 3.05) is 9.80 Å². The number of hydrogen-bond donors (Lipinski definition) is 0. The zero-order valence-corrected chi connectivity index (χ0v) is 48.6. The van der Waals surface area contributed by atoms with Gasteiger partial charge in [0.25, 0.3) is 0 Å². The molecular weight excluding hydrogens is 1080 g/mol. The van der Waals surface area contributed by atoms with Gasteiger partial charge in [-0.05, 0) is 183 Å². The van der Waals surface area contributed by atoms with Crippen LogP contribution in [0.25, 0.3) is 131 Å². The number of para-hydroxylation sites is 2. The Morgan fingerprint density at radius 2 is 0.618 bits per heavy atom. The molecule has 1 aromatic heterocycles. The van der Waals surface area contributed by atoms with Gasteiger partial charge in [0.05, 0.1) is 11.4 Å². The first-order valence-electron chi connectivity index (χ1n) is 30.5. The number of hydrogen-bond acceptors (Lipinski definition) is 3.